The number of rotatable bonds is 4. The number of anilines is 1. The molecule has 1 aromatic heterocycles. The Morgan fingerprint density at radius 1 is 1.24 bits per heavy atom. The molecule has 3 rings (SSSR count). The molecule has 0 atom stereocenters. The molecular weight excluding hydrogens is 324 g/mol. The van der Waals surface area contributed by atoms with Gasteiger partial charge in [-0.05, 0) is 24.6 Å². The number of benzene rings is 2. The van der Waals surface area contributed by atoms with Crippen molar-refractivity contribution in [2.45, 2.75) is 13.5 Å². The molecule has 1 heterocycles. The number of nitro benzene ring substituents is 1. The minimum absolute atomic E-state index is 0.0788. The van der Waals surface area contributed by atoms with E-state index in [1.54, 1.807) is 18.2 Å². The van der Waals surface area contributed by atoms with E-state index < -0.39 is 10.8 Å². The van der Waals surface area contributed by atoms with Crippen molar-refractivity contribution in [1.29, 1.82) is 0 Å². The zero-order chi connectivity index (χ0) is 18.0. The maximum absolute atomic E-state index is 12.5. The number of nitrogens with one attached hydrogen (secondary N) is 1. The molecule has 1 amide bonds. The molecule has 3 aromatic rings. The number of carbonyl (C=O) groups is 1. The van der Waals surface area contributed by atoms with Gasteiger partial charge in [0.1, 0.15) is 12.2 Å². The summed E-state index contributed by atoms with van der Waals surface area (Å²) in [6, 6.07) is 11.1. The predicted octanol–water partition coefficient (Wildman–Crippen LogP) is 2.25. The summed E-state index contributed by atoms with van der Waals surface area (Å²) >= 11 is 0. The zero-order valence-electron chi connectivity index (χ0n) is 13.3. The molecule has 2 aromatic carbocycles. The highest BCUT2D eigenvalue weighted by Gasteiger charge is 2.15. The number of hydrogen-bond acceptors (Lipinski definition) is 5. The van der Waals surface area contributed by atoms with Crippen molar-refractivity contribution in [3.8, 4) is 0 Å². The van der Waals surface area contributed by atoms with E-state index in [-0.39, 0.29) is 23.5 Å². The molecule has 126 valence electrons. The fourth-order valence-electron chi connectivity index (χ4n) is 2.53. The number of aromatic nitrogens is 2. The lowest BCUT2D eigenvalue weighted by Gasteiger charge is -2.09. The summed E-state index contributed by atoms with van der Waals surface area (Å²) in [5.41, 5.74) is 0.978. The molecule has 0 saturated heterocycles. The first-order valence-electron chi connectivity index (χ1n) is 7.45. The molecule has 0 fully saturated rings. The zero-order valence-corrected chi connectivity index (χ0v) is 13.3. The number of para-hydroxylation sites is 3. The third kappa shape index (κ3) is 3.23. The van der Waals surface area contributed by atoms with Gasteiger partial charge in [-0.25, -0.2) is 4.98 Å². The van der Waals surface area contributed by atoms with Gasteiger partial charge in [-0.2, -0.15) is 0 Å². The summed E-state index contributed by atoms with van der Waals surface area (Å²) in [4.78, 5) is 39.3. The van der Waals surface area contributed by atoms with Crippen LogP contribution in [0.1, 0.15) is 5.56 Å². The minimum atomic E-state index is -0.581. The second kappa shape index (κ2) is 6.52. The van der Waals surface area contributed by atoms with Crippen molar-refractivity contribution < 1.29 is 9.72 Å². The van der Waals surface area contributed by atoms with Crippen molar-refractivity contribution >= 4 is 28.2 Å². The van der Waals surface area contributed by atoms with Crippen molar-refractivity contribution in [2.24, 2.45) is 0 Å². The van der Waals surface area contributed by atoms with Crippen LogP contribution in [0.15, 0.2) is 53.6 Å². The average molecular weight is 338 g/mol. The molecular formula is C17H14N4O4. The molecule has 0 unspecified atom stereocenters. The monoisotopic (exact) mass is 338 g/mol. The van der Waals surface area contributed by atoms with Crippen molar-refractivity contribution in [2.75, 3.05) is 5.32 Å². The number of hydrogen-bond donors (Lipinski definition) is 1. The van der Waals surface area contributed by atoms with E-state index in [9.17, 15) is 19.7 Å². The van der Waals surface area contributed by atoms with Gasteiger partial charge in [-0.3, -0.25) is 24.3 Å². The van der Waals surface area contributed by atoms with Crippen LogP contribution in [0.25, 0.3) is 10.9 Å². The maximum Gasteiger partial charge on any atom is 0.292 e. The Kier molecular flexibility index (Phi) is 4.25. The first kappa shape index (κ1) is 16.3. The summed E-state index contributed by atoms with van der Waals surface area (Å²) in [5.74, 6) is -0.551. The fraction of sp³-hybridized carbons (Fsp3) is 0.118. The van der Waals surface area contributed by atoms with Gasteiger partial charge in [0.05, 0.1) is 22.2 Å². The van der Waals surface area contributed by atoms with Gasteiger partial charge in [0.2, 0.25) is 5.91 Å². The van der Waals surface area contributed by atoms with Crippen LogP contribution in [0.3, 0.4) is 0 Å². The van der Waals surface area contributed by atoms with Gasteiger partial charge >= 0.3 is 0 Å². The van der Waals surface area contributed by atoms with Gasteiger partial charge in [0, 0.05) is 6.07 Å². The van der Waals surface area contributed by atoms with Crippen LogP contribution in [-0.2, 0) is 11.3 Å². The minimum Gasteiger partial charge on any atom is -0.319 e. The number of nitro groups is 1. The molecule has 0 spiro atoms. The third-order valence-electron chi connectivity index (χ3n) is 3.74. The molecule has 8 nitrogen and oxygen atoms in total. The second-order valence-electron chi connectivity index (χ2n) is 5.47. The van der Waals surface area contributed by atoms with Crippen LogP contribution in [-0.4, -0.2) is 20.4 Å². The summed E-state index contributed by atoms with van der Waals surface area (Å²) in [6.45, 7) is 1.56. The highest BCUT2D eigenvalue weighted by molar-refractivity contribution is 5.93. The highest BCUT2D eigenvalue weighted by atomic mass is 16.6. The van der Waals surface area contributed by atoms with Crippen LogP contribution in [0.4, 0.5) is 11.4 Å². The number of fused-ring (bicyclic) bond motifs is 1. The summed E-state index contributed by atoms with van der Waals surface area (Å²) < 4.78 is 1.17. The van der Waals surface area contributed by atoms with Crippen molar-refractivity contribution in [3.05, 3.63) is 74.8 Å². The van der Waals surface area contributed by atoms with E-state index in [4.69, 9.17) is 0 Å². The van der Waals surface area contributed by atoms with Crippen LogP contribution < -0.4 is 10.9 Å². The van der Waals surface area contributed by atoms with E-state index >= 15 is 0 Å². The molecule has 0 aliphatic carbocycles. The number of aryl methyl sites for hydroxylation is 1. The van der Waals surface area contributed by atoms with E-state index in [0.29, 0.717) is 10.9 Å². The topological polar surface area (TPSA) is 107 Å². The van der Waals surface area contributed by atoms with Crippen LogP contribution in [0, 0.1) is 17.0 Å². The highest BCUT2D eigenvalue weighted by Crippen LogP contribution is 2.23. The molecule has 8 heteroatoms. The number of carbonyl (C=O) groups excluding carboxylic acids is 1. The lowest BCUT2D eigenvalue weighted by molar-refractivity contribution is -0.383. The maximum atomic E-state index is 12.5. The van der Waals surface area contributed by atoms with Crippen molar-refractivity contribution in [3.63, 3.8) is 0 Å². The van der Waals surface area contributed by atoms with Gasteiger partial charge < -0.3 is 5.32 Å². The molecule has 1 N–H and O–H groups in total. The Balaban J connectivity index is 1.87. The predicted molar refractivity (Wildman–Crippen MR) is 92.5 cm³/mol. The van der Waals surface area contributed by atoms with E-state index in [1.165, 1.54) is 29.1 Å². The average Bonchev–Trinajstić information content (AvgIpc) is 2.58. The molecule has 0 radical (unpaired) electrons. The molecule has 0 bridgehead atoms. The lowest BCUT2D eigenvalue weighted by atomic mass is 10.1. The first-order chi connectivity index (χ1) is 12.0. The Bertz CT molecular complexity index is 1040. The van der Waals surface area contributed by atoms with Crippen LogP contribution in [0.5, 0.6) is 0 Å². The normalized spacial score (nSPS) is 10.6. The fourth-order valence-corrected chi connectivity index (χ4v) is 2.53. The molecule has 0 aliphatic rings. The number of amides is 1. The van der Waals surface area contributed by atoms with Crippen LogP contribution >= 0.6 is 0 Å². The largest absolute Gasteiger partial charge is 0.319 e. The Morgan fingerprint density at radius 3 is 2.76 bits per heavy atom. The Hall–Kier alpha value is -3.55. The SMILES string of the molecule is Cc1cccc2c(=O)n(CC(=O)Nc3ccccc3[N+](=O)[O-])cnc12. The first-order valence-corrected chi connectivity index (χ1v) is 7.45. The standard InChI is InChI=1S/C17H14N4O4/c1-11-5-4-6-12-16(11)18-10-20(17(12)23)9-15(22)19-13-7-2-3-8-14(13)21(24)25/h2-8,10H,9H2,1H3,(H,19,22). The third-order valence-corrected chi connectivity index (χ3v) is 3.74. The second-order valence-corrected chi connectivity index (χ2v) is 5.47. The molecule has 0 saturated carbocycles. The van der Waals surface area contributed by atoms with Gasteiger partial charge in [-0.1, -0.05) is 24.3 Å². The van der Waals surface area contributed by atoms with Crippen LogP contribution in [0.2, 0.25) is 0 Å². The quantitative estimate of drug-likeness (QED) is 0.580. The van der Waals surface area contributed by atoms with Gasteiger partial charge in [-0.15, -0.1) is 0 Å². The Morgan fingerprint density at radius 2 is 2.00 bits per heavy atom. The van der Waals surface area contributed by atoms with E-state index in [1.807, 2.05) is 13.0 Å². The van der Waals surface area contributed by atoms with E-state index in [0.717, 1.165) is 5.56 Å². The van der Waals surface area contributed by atoms with Crippen molar-refractivity contribution in [1.82, 2.24) is 9.55 Å². The molecule has 25 heavy (non-hydrogen) atoms. The Labute approximate surface area is 141 Å². The summed E-state index contributed by atoms with van der Waals surface area (Å²) in [6.07, 6.45) is 1.30. The number of nitrogens with zero attached hydrogens (tertiary/aromatic N) is 3. The summed E-state index contributed by atoms with van der Waals surface area (Å²) in [7, 11) is 0. The lowest BCUT2D eigenvalue weighted by Crippen LogP contribution is -2.28. The van der Waals surface area contributed by atoms with Gasteiger partial charge in [0.15, 0.2) is 0 Å². The van der Waals surface area contributed by atoms with Gasteiger partial charge in [0.25, 0.3) is 11.2 Å². The van der Waals surface area contributed by atoms with E-state index in [2.05, 4.69) is 10.3 Å². The smallest absolute Gasteiger partial charge is 0.292 e. The molecule has 0 aliphatic heterocycles. The summed E-state index contributed by atoms with van der Waals surface area (Å²) in [5, 5.41) is 13.9.